The third kappa shape index (κ3) is 4.32. The fraction of sp³-hybridized carbons (Fsp3) is 0.333. The van der Waals surface area contributed by atoms with Gasteiger partial charge in [0.2, 0.25) is 0 Å². The van der Waals surface area contributed by atoms with Crippen molar-refractivity contribution in [3.8, 4) is 0 Å². The number of hydrogen-bond acceptors (Lipinski definition) is 1. The maximum atomic E-state index is 2.53. The van der Waals surface area contributed by atoms with Gasteiger partial charge in [-0.1, -0.05) is 72.8 Å². The maximum absolute atomic E-state index is 2.53. The fourth-order valence-electron chi connectivity index (χ4n) is 2.98. The number of hydrogen-bond donors (Lipinski definition) is 0. The van der Waals surface area contributed by atoms with E-state index in [0.717, 1.165) is 12.3 Å². The summed E-state index contributed by atoms with van der Waals surface area (Å²) in [6, 6.07) is 21.9. The van der Waals surface area contributed by atoms with Gasteiger partial charge < -0.3 is 0 Å². The van der Waals surface area contributed by atoms with Gasteiger partial charge in [-0.25, -0.2) is 0 Å². The molecule has 0 saturated heterocycles. The van der Waals surface area contributed by atoms with Crippen LogP contribution in [-0.4, -0.2) is 18.5 Å². The summed E-state index contributed by atoms with van der Waals surface area (Å²) in [4.78, 5) is 2.53. The van der Waals surface area contributed by atoms with Crippen molar-refractivity contribution in [3.05, 3.63) is 77.9 Å². The zero-order chi connectivity index (χ0) is 15.2. The van der Waals surface area contributed by atoms with E-state index in [0.29, 0.717) is 6.04 Å². The molecule has 1 fully saturated rings. The molecule has 22 heavy (non-hydrogen) atoms. The van der Waals surface area contributed by atoms with Gasteiger partial charge in [0.1, 0.15) is 0 Å². The molecule has 0 aliphatic heterocycles. The molecule has 1 aliphatic carbocycles. The quantitative estimate of drug-likeness (QED) is 0.680. The Labute approximate surface area is 134 Å². The van der Waals surface area contributed by atoms with Crippen molar-refractivity contribution in [3.63, 3.8) is 0 Å². The number of nitrogens with zero attached hydrogens (tertiary/aromatic N) is 1. The second kappa shape index (κ2) is 7.42. The van der Waals surface area contributed by atoms with Gasteiger partial charge in [-0.3, -0.25) is 4.90 Å². The second-order valence-corrected chi connectivity index (χ2v) is 6.36. The fourth-order valence-corrected chi connectivity index (χ4v) is 2.98. The van der Waals surface area contributed by atoms with Gasteiger partial charge in [0.15, 0.2) is 0 Å². The van der Waals surface area contributed by atoms with Gasteiger partial charge in [0.25, 0.3) is 0 Å². The topological polar surface area (TPSA) is 3.24 Å². The van der Waals surface area contributed by atoms with Crippen LogP contribution in [-0.2, 0) is 0 Å². The second-order valence-electron chi connectivity index (χ2n) is 6.36. The predicted octanol–water partition coefficient (Wildman–Crippen LogP) is 5.17. The van der Waals surface area contributed by atoms with Crippen LogP contribution in [0.15, 0.2) is 66.7 Å². The van der Waals surface area contributed by atoms with Crippen LogP contribution in [0.2, 0.25) is 0 Å². The summed E-state index contributed by atoms with van der Waals surface area (Å²) < 4.78 is 0. The molecule has 2 aromatic carbocycles. The minimum Gasteiger partial charge on any atom is -0.299 e. The highest BCUT2D eigenvalue weighted by atomic mass is 15.1. The first kappa shape index (κ1) is 15.1. The Morgan fingerprint density at radius 2 is 1.64 bits per heavy atom. The molecule has 0 aromatic heterocycles. The summed E-state index contributed by atoms with van der Waals surface area (Å²) in [6.45, 7) is 1.22. The molecule has 1 atom stereocenters. The molecule has 1 saturated carbocycles. The van der Waals surface area contributed by atoms with Crippen molar-refractivity contribution >= 4 is 6.08 Å². The highest BCUT2D eigenvalue weighted by Crippen LogP contribution is 2.33. The molecular weight excluding hydrogens is 266 g/mol. The first-order chi connectivity index (χ1) is 10.8. The Bertz CT molecular complexity index is 584. The van der Waals surface area contributed by atoms with E-state index in [1.807, 2.05) is 0 Å². The molecule has 0 amide bonds. The monoisotopic (exact) mass is 291 g/mol. The van der Waals surface area contributed by atoms with Gasteiger partial charge in [-0.05, 0) is 43.4 Å². The zero-order valence-electron chi connectivity index (χ0n) is 13.4. The van der Waals surface area contributed by atoms with Crippen molar-refractivity contribution in [2.24, 2.45) is 5.92 Å². The molecule has 0 radical (unpaired) electrons. The van der Waals surface area contributed by atoms with Gasteiger partial charge in [0, 0.05) is 12.6 Å². The Hall–Kier alpha value is -1.86. The van der Waals surface area contributed by atoms with E-state index in [1.165, 1.54) is 30.5 Å². The molecule has 1 heteroatoms. The van der Waals surface area contributed by atoms with E-state index in [-0.39, 0.29) is 0 Å². The lowest BCUT2D eigenvalue weighted by molar-refractivity contribution is 0.236. The predicted molar refractivity (Wildman–Crippen MR) is 94.6 cm³/mol. The van der Waals surface area contributed by atoms with Crippen LogP contribution in [0.5, 0.6) is 0 Å². The summed E-state index contributed by atoms with van der Waals surface area (Å²) >= 11 is 0. The highest BCUT2D eigenvalue weighted by Gasteiger charge is 2.26. The minimum absolute atomic E-state index is 0.474. The lowest BCUT2D eigenvalue weighted by atomic mass is 10.0. The highest BCUT2D eigenvalue weighted by molar-refractivity contribution is 5.48. The first-order valence-electron chi connectivity index (χ1n) is 8.29. The standard InChI is InChI=1S/C21H25N/c1-22(17-19-15-16-19)21(20-12-6-3-7-13-20)14-8-11-18-9-4-2-5-10-18/h2-13,19,21H,14-17H2,1H3/b11-8+. The largest absolute Gasteiger partial charge is 0.299 e. The van der Waals surface area contributed by atoms with Crippen LogP contribution >= 0.6 is 0 Å². The van der Waals surface area contributed by atoms with Crippen LogP contribution in [0.4, 0.5) is 0 Å². The van der Waals surface area contributed by atoms with Crippen molar-refractivity contribution in [1.82, 2.24) is 4.90 Å². The minimum atomic E-state index is 0.474. The van der Waals surface area contributed by atoms with Gasteiger partial charge in [-0.2, -0.15) is 0 Å². The lowest BCUT2D eigenvalue weighted by Gasteiger charge is -2.27. The SMILES string of the molecule is CN(CC1CC1)C(C/C=C/c1ccccc1)c1ccccc1. The first-order valence-corrected chi connectivity index (χ1v) is 8.29. The molecule has 1 aliphatic rings. The van der Waals surface area contributed by atoms with Crippen LogP contribution in [0.25, 0.3) is 6.08 Å². The van der Waals surface area contributed by atoms with Crippen molar-refractivity contribution < 1.29 is 0 Å². The summed E-state index contributed by atoms with van der Waals surface area (Å²) in [5.74, 6) is 0.925. The van der Waals surface area contributed by atoms with Gasteiger partial charge in [0.05, 0.1) is 0 Å². The average Bonchev–Trinajstić information content (AvgIpc) is 3.37. The van der Waals surface area contributed by atoms with Crippen LogP contribution in [0.1, 0.15) is 36.4 Å². The maximum Gasteiger partial charge on any atom is 0.0379 e. The normalized spacial score (nSPS) is 16.3. The number of benzene rings is 2. The molecule has 0 spiro atoms. The van der Waals surface area contributed by atoms with Crippen molar-refractivity contribution in [2.75, 3.05) is 13.6 Å². The van der Waals surface area contributed by atoms with Crippen LogP contribution in [0.3, 0.4) is 0 Å². The van der Waals surface area contributed by atoms with Gasteiger partial charge in [-0.15, -0.1) is 0 Å². The molecule has 0 heterocycles. The molecular formula is C21H25N. The van der Waals surface area contributed by atoms with E-state index in [4.69, 9.17) is 0 Å². The van der Waals surface area contributed by atoms with Crippen molar-refractivity contribution in [1.29, 1.82) is 0 Å². The van der Waals surface area contributed by atoms with Crippen molar-refractivity contribution in [2.45, 2.75) is 25.3 Å². The third-order valence-corrected chi connectivity index (χ3v) is 4.43. The molecule has 0 bridgehead atoms. The molecule has 1 unspecified atom stereocenters. The summed E-state index contributed by atoms with van der Waals surface area (Å²) in [6.07, 6.45) is 8.43. The molecule has 114 valence electrons. The van der Waals surface area contributed by atoms with Crippen LogP contribution < -0.4 is 0 Å². The summed E-state index contributed by atoms with van der Waals surface area (Å²) in [5, 5.41) is 0. The molecule has 2 aromatic rings. The molecule has 0 N–H and O–H groups in total. The number of rotatable bonds is 7. The Morgan fingerprint density at radius 3 is 2.27 bits per heavy atom. The van der Waals surface area contributed by atoms with E-state index >= 15 is 0 Å². The van der Waals surface area contributed by atoms with E-state index < -0.39 is 0 Å². The van der Waals surface area contributed by atoms with E-state index in [1.54, 1.807) is 0 Å². The molecule has 3 rings (SSSR count). The third-order valence-electron chi connectivity index (χ3n) is 4.43. The lowest BCUT2D eigenvalue weighted by Crippen LogP contribution is -2.26. The molecule has 1 nitrogen and oxygen atoms in total. The summed E-state index contributed by atoms with van der Waals surface area (Å²) in [7, 11) is 2.27. The Kier molecular flexibility index (Phi) is 5.07. The van der Waals surface area contributed by atoms with Crippen LogP contribution in [0, 0.1) is 5.92 Å². The zero-order valence-corrected chi connectivity index (χ0v) is 13.4. The average molecular weight is 291 g/mol. The Morgan fingerprint density at radius 1 is 1.00 bits per heavy atom. The summed E-state index contributed by atoms with van der Waals surface area (Å²) in [5.41, 5.74) is 2.70. The van der Waals surface area contributed by atoms with E-state index in [9.17, 15) is 0 Å². The van der Waals surface area contributed by atoms with E-state index in [2.05, 4.69) is 84.8 Å². The Balaban J connectivity index is 1.69. The van der Waals surface area contributed by atoms with Gasteiger partial charge >= 0.3 is 0 Å². The smallest absolute Gasteiger partial charge is 0.0379 e.